The van der Waals surface area contributed by atoms with Crippen molar-refractivity contribution in [3.05, 3.63) is 52.2 Å². The van der Waals surface area contributed by atoms with Gasteiger partial charge in [-0.1, -0.05) is 35.9 Å². The molecule has 9 nitrogen and oxygen atoms in total. The maximum atomic E-state index is 12.5. The van der Waals surface area contributed by atoms with Crippen molar-refractivity contribution >= 4 is 49.8 Å². The van der Waals surface area contributed by atoms with Crippen LogP contribution in [0.15, 0.2) is 40.3 Å². The van der Waals surface area contributed by atoms with Crippen LogP contribution in [0, 0.1) is 18.3 Å². The van der Waals surface area contributed by atoms with Gasteiger partial charge in [-0.25, -0.2) is 13.4 Å². The molecule has 0 unspecified atom stereocenters. The third-order valence-electron chi connectivity index (χ3n) is 5.42. The average molecular weight is 529 g/mol. The minimum atomic E-state index is -3.81. The van der Waals surface area contributed by atoms with Gasteiger partial charge in [0, 0.05) is 11.4 Å². The van der Waals surface area contributed by atoms with Crippen molar-refractivity contribution in [2.45, 2.75) is 55.4 Å². The third-order valence-corrected chi connectivity index (χ3v) is 8.65. The lowest BCUT2D eigenvalue weighted by molar-refractivity contribution is -0.113. The minimum absolute atomic E-state index is 0.0429. The van der Waals surface area contributed by atoms with E-state index in [0.29, 0.717) is 21.3 Å². The summed E-state index contributed by atoms with van der Waals surface area (Å²) in [5, 5.41) is 21.3. The first-order chi connectivity index (χ1) is 16.8. The average Bonchev–Trinajstić information content (AvgIpc) is 3.22. The predicted molar refractivity (Wildman–Crippen MR) is 136 cm³/mol. The molecule has 4 rings (SSSR count). The number of aryl methyl sites for hydroxylation is 3. The second-order valence-corrected chi connectivity index (χ2v) is 11.9. The molecule has 182 valence electrons. The Morgan fingerprint density at radius 1 is 1.14 bits per heavy atom. The van der Waals surface area contributed by atoms with E-state index in [-0.39, 0.29) is 21.7 Å². The van der Waals surface area contributed by atoms with Gasteiger partial charge in [0.05, 0.1) is 16.2 Å². The number of hydrogen-bond acceptors (Lipinski definition) is 9. The van der Waals surface area contributed by atoms with Crippen molar-refractivity contribution in [3.8, 4) is 6.07 Å². The number of amides is 1. The molecule has 0 fully saturated rings. The van der Waals surface area contributed by atoms with Crippen LogP contribution in [0.4, 0.5) is 10.8 Å². The number of aromatic nitrogens is 3. The molecular formula is C23H24N6O3S3. The van der Waals surface area contributed by atoms with E-state index in [1.54, 1.807) is 6.92 Å². The molecule has 2 heterocycles. The summed E-state index contributed by atoms with van der Waals surface area (Å²) in [6.45, 7) is 1.73. The molecule has 0 atom stereocenters. The van der Waals surface area contributed by atoms with Gasteiger partial charge < -0.3 is 5.32 Å². The third kappa shape index (κ3) is 6.56. The molecule has 2 N–H and O–H groups in total. The molecule has 1 aliphatic rings. The van der Waals surface area contributed by atoms with Crippen molar-refractivity contribution in [2.75, 3.05) is 15.8 Å². The van der Waals surface area contributed by atoms with Crippen LogP contribution in [-0.4, -0.2) is 35.3 Å². The predicted octanol–water partition coefficient (Wildman–Crippen LogP) is 4.30. The quantitative estimate of drug-likeness (QED) is 0.433. The van der Waals surface area contributed by atoms with Gasteiger partial charge in [-0.15, -0.1) is 10.2 Å². The molecule has 3 aromatic rings. The molecular weight excluding hydrogens is 504 g/mol. The summed E-state index contributed by atoms with van der Waals surface area (Å²) in [7, 11) is -3.81. The van der Waals surface area contributed by atoms with E-state index in [4.69, 9.17) is 4.98 Å². The highest BCUT2D eigenvalue weighted by Gasteiger charge is 2.18. The van der Waals surface area contributed by atoms with Crippen molar-refractivity contribution in [2.24, 2.45) is 0 Å². The second-order valence-electron chi connectivity index (χ2n) is 8.07. The van der Waals surface area contributed by atoms with Gasteiger partial charge in [0.2, 0.25) is 11.0 Å². The molecule has 12 heteroatoms. The number of carbonyl (C=O) groups is 1. The Kier molecular flexibility index (Phi) is 8.00. The lowest BCUT2D eigenvalue weighted by atomic mass is 9.96. The summed E-state index contributed by atoms with van der Waals surface area (Å²) in [5.74, 6) is -0.191. The topological polar surface area (TPSA) is 138 Å². The van der Waals surface area contributed by atoms with E-state index in [1.807, 2.05) is 6.07 Å². The maximum absolute atomic E-state index is 12.5. The van der Waals surface area contributed by atoms with Crippen molar-refractivity contribution in [1.29, 1.82) is 5.26 Å². The largest absolute Gasteiger partial charge is 0.325 e. The van der Waals surface area contributed by atoms with Gasteiger partial charge in [0.15, 0.2) is 0 Å². The number of fused-ring (bicyclic) bond motifs is 1. The van der Waals surface area contributed by atoms with E-state index < -0.39 is 10.0 Å². The van der Waals surface area contributed by atoms with E-state index >= 15 is 0 Å². The highest BCUT2D eigenvalue weighted by atomic mass is 32.2. The molecule has 1 aliphatic carbocycles. The van der Waals surface area contributed by atoms with E-state index in [9.17, 15) is 18.5 Å². The van der Waals surface area contributed by atoms with Gasteiger partial charge in [-0.3, -0.25) is 9.52 Å². The van der Waals surface area contributed by atoms with Crippen LogP contribution in [0.1, 0.15) is 47.5 Å². The highest BCUT2D eigenvalue weighted by Crippen LogP contribution is 2.27. The molecule has 0 saturated heterocycles. The van der Waals surface area contributed by atoms with Crippen LogP contribution in [-0.2, 0) is 27.7 Å². The Labute approximate surface area is 212 Å². The Morgan fingerprint density at radius 3 is 2.57 bits per heavy atom. The number of rotatable bonds is 7. The fraction of sp³-hybridized carbons (Fsp3) is 0.348. The first-order valence-electron chi connectivity index (χ1n) is 11.1. The zero-order chi connectivity index (χ0) is 24.8. The van der Waals surface area contributed by atoms with E-state index in [0.717, 1.165) is 48.3 Å². The number of nitriles is 1. The van der Waals surface area contributed by atoms with Crippen LogP contribution >= 0.6 is 23.1 Å². The molecule has 35 heavy (non-hydrogen) atoms. The Balaban J connectivity index is 1.37. The summed E-state index contributed by atoms with van der Waals surface area (Å²) in [6.07, 6.45) is 6.40. The number of pyridine rings is 1. The van der Waals surface area contributed by atoms with Crippen LogP contribution in [0.2, 0.25) is 0 Å². The first kappa shape index (κ1) is 25.1. The Bertz CT molecular complexity index is 1360. The summed E-state index contributed by atoms with van der Waals surface area (Å²) >= 11 is 2.37. The Hall–Kier alpha value is -3.01. The fourth-order valence-electron chi connectivity index (χ4n) is 3.72. The lowest BCUT2D eigenvalue weighted by Crippen LogP contribution is -2.15. The van der Waals surface area contributed by atoms with Crippen LogP contribution < -0.4 is 10.0 Å². The number of carbonyl (C=O) groups excluding carboxylic acids is 1. The first-order valence-corrected chi connectivity index (χ1v) is 14.4. The normalized spacial score (nSPS) is 13.7. The summed E-state index contributed by atoms with van der Waals surface area (Å²) in [4.78, 5) is 17.3. The zero-order valence-electron chi connectivity index (χ0n) is 19.1. The van der Waals surface area contributed by atoms with Crippen molar-refractivity contribution in [1.82, 2.24) is 15.2 Å². The van der Waals surface area contributed by atoms with Crippen LogP contribution in [0.25, 0.3) is 0 Å². The van der Waals surface area contributed by atoms with Crippen molar-refractivity contribution in [3.63, 3.8) is 0 Å². The molecule has 1 amide bonds. The molecule has 0 radical (unpaired) electrons. The van der Waals surface area contributed by atoms with Crippen molar-refractivity contribution < 1.29 is 13.2 Å². The molecule has 2 aromatic heterocycles. The van der Waals surface area contributed by atoms with Gasteiger partial charge in [0.1, 0.15) is 16.1 Å². The fourth-order valence-corrected chi connectivity index (χ4v) is 6.32. The molecule has 0 spiro atoms. The number of benzene rings is 1. The molecule has 0 saturated carbocycles. The van der Waals surface area contributed by atoms with Gasteiger partial charge in [-0.05, 0) is 68.5 Å². The van der Waals surface area contributed by atoms with Gasteiger partial charge >= 0.3 is 0 Å². The van der Waals surface area contributed by atoms with E-state index in [1.165, 1.54) is 48.9 Å². The lowest BCUT2D eigenvalue weighted by Gasteiger charge is -2.15. The maximum Gasteiger partial charge on any atom is 0.263 e. The number of anilines is 2. The minimum Gasteiger partial charge on any atom is -0.325 e. The monoisotopic (exact) mass is 528 g/mol. The van der Waals surface area contributed by atoms with Crippen LogP contribution in [0.3, 0.4) is 0 Å². The molecule has 0 aliphatic heterocycles. The zero-order valence-corrected chi connectivity index (χ0v) is 21.5. The van der Waals surface area contributed by atoms with Gasteiger partial charge in [0.25, 0.3) is 10.0 Å². The number of hydrogen-bond donors (Lipinski definition) is 2. The number of sulfonamides is 1. The summed E-state index contributed by atoms with van der Waals surface area (Å²) < 4.78 is 27.4. The molecule has 0 bridgehead atoms. The summed E-state index contributed by atoms with van der Waals surface area (Å²) in [6, 6.07) is 9.98. The number of nitrogens with zero attached hydrogens (tertiary/aromatic N) is 4. The Morgan fingerprint density at radius 2 is 1.89 bits per heavy atom. The standard InChI is InChI=1S/C23H24N6O3S3/c1-15-27-28-23(34-15)29-35(31,32)19-10-8-18(9-11-19)25-21(30)14-33-22-17(13-24)12-16-6-4-2-3-5-7-20(16)26-22/h8-12H,2-7,14H2,1H3,(H,25,30)(H,28,29). The second kappa shape index (κ2) is 11.2. The SMILES string of the molecule is Cc1nnc(NS(=O)(=O)c2ccc(NC(=O)CSc3nc4c(cc3C#N)CCCCCC4)cc2)s1. The highest BCUT2D eigenvalue weighted by molar-refractivity contribution is 8.00. The van der Waals surface area contributed by atoms with Crippen LogP contribution in [0.5, 0.6) is 0 Å². The number of thioether (sulfide) groups is 1. The number of nitrogens with one attached hydrogen (secondary N) is 2. The molecule has 1 aromatic carbocycles. The van der Waals surface area contributed by atoms with Gasteiger partial charge in [-0.2, -0.15) is 5.26 Å². The summed E-state index contributed by atoms with van der Waals surface area (Å²) in [5.41, 5.74) is 3.13. The smallest absolute Gasteiger partial charge is 0.263 e. The van der Waals surface area contributed by atoms with E-state index in [2.05, 4.69) is 26.3 Å².